The lowest BCUT2D eigenvalue weighted by Crippen LogP contribution is -2.52. The Morgan fingerprint density at radius 1 is 0.351 bits per heavy atom. The van der Waals surface area contributed by atoms with Crippen molar-refractivity contribution in [1.82, 2.24) is 29.5 Å². The van der Waals surface area contributed by atoms with Gasteiger partial charge in [0, 0.05) is 33.6 Å². The maximum absolute atomic E-state index is 4.77. The first-order valence-electron chi connectivity index (χ1n) is 19.7. The summed E-state index contributed by atoms with van der Waals surface area (Å²) in [5, 5.41) is 21.7. The minimum Gasteiger partial charge on any atom is -0.275 e. The van der Waals surface area contributed by atoms with Crippen LogP contribution in [0.15, 0.2) is 158 Å². The standard InChI is InChI=1S/C50H50N6Si/c1-49(2,3)39-27-19-35(20-28-39)45-51-53-47(55(45)41-15-11-9-12-16-41)37-23-31-43(32-24-37)57(7,8)44-33-25-38(26-34-44)48-54-52-46(56(48)42-17-13-10-14-18-42)36-21-29-40(30-22-36)50(4,5)6/h9-34H,1-8H3. The number of rotatable bonds is 8. The molecule has 0 spiro atoms. The zero-order valence-corrected chi connectivity index (χ0v) is 35.2. The Morgan fingerprint density at radius 3 is 0.877 bits per heavy atom. The first kappa shape index (κ1) is 37.7. The number of hydrogen-bond acceptors (Lipinski definition) is 4. The Bertz CT molecular complexity index is 2420. The molecule has 0 saturated heterocycles. The van der Waals surface area contributed by atoms with Gasteiger partial charge in [-0.3, -0.25) is 9.13 Å². The molecule has 0 aliphatic heterocycles. The molecular weight excluding hydrogens is 713 g/mol. The highest BCUT2D eigenvalue weighted by Gasteiger charge is 2.28. The molecule has 0 aliphatic rings. The molecular formula is C50H50N6Si. The molecule has 0 aliphatic carbocycles. The van der Waals surface area contributed by atoms with E-state index >= 15 is 0 Å². The lowest BCUT2D eigenvalue weighted by atomic mass is 9.86. The second-order valence-corrected chi connectivity index (χ2v) is 21.9. The van der Waals surface area contributed by atoms with Crippen LogP contribution in [0.1, 0.15) is 52.7 Å². The van der Waals surface area contributed by atoms with Crippen LogP contribution >= 0.6 is 0 Å². The van der Waals surface area contributed by atoms with Crippen molar-refractivity contribution >= 4 is 18.4 Å². The molecule has 0 fully saturated rings. The van der Waals surface area contributed by atoms with E-state index < -0.39 is 8.07 Å². The molecule has 6 aromatic carbocycles. The van der Waals surface area contributed by atoms with Gasteiger partial charge in [0.15, 0.2) is 23.3 Å². The van der Waals surface area contributed by atoms with Gasteiger partial charge in [-0.15, -0.1) is 20.4 Å². The van der Waals surface area contributed by atoms with Gasteiger partial charge in [-0.05, 0) is 46.2 Å². The molecule has 0 bridgehead atoms. The summed E-state index contributed by atoms with van der Waals surface area (Å²) < 4.78 is 4.34. The third-order valence-electron chi connectivity index (χ3n) is 11.1. The van der Waals surface area contributed by atoms with Crippen LogP contribution in [-0.2, 0) is 10.8 Å². The van der Waals surface area contributed by atoms with Gasteiger partial charge in [-0.25, -0.2) is 0 Å². The Hall–Kier alpha value is -6.18. The molecule has 0 amide bonds. The molecule has 0 saturated carbocycles. The van der Waals surface area contributed by atoms with Crippen LogP contribution in [0.25, 0.3) is 56.9 Å². The molecule has 6 nitrogen and oxygen atoms in total. The summed E-state index contributed by atoms with van der Waals surface area (Å²) in [4.78, 5) is 0. The number of benzene rings is 6. The third-order valence-corrected chi connectivity index (χ3v) is 14.7. The Labute approximate surface area is 338 Å². The quantitative estimate of drug-likeness (QED) is 0.145. The van der Waals surface area contributed by atoms with Gasteiger partial charge in [0.2, 0.25) is 0 Å². The molecule has 284 valence electrons. The molecule has 8 aromatic rings. The minimum atomic E-state index is -2.08. The van der Waals surface area contributed by atoms with Crippen molar-refractivity contribution in [2.45, 2.75) is 65.5 Å². The summed E-state index contributed by atoms with van der Waals surface area (Å²) >= 11 is 0. The van der Waals surface area contributed by atoms with E-state index in [4.69, 9.17) is 20.4 Å². The number of hydrogen-bond donors (Lipinski definition) is 0. The van der Waals surface area contributed by atoms with E-state index in [9.17, 15) is 0 Å². The molecule has 0 unspecified atom stereocenters. The van der Waals surface area contributed by atoms with Gasteiger partial charge < -0.3 is 0 Å². The largest absolute Gasteiger partial charge is 0.275 e. The lowest BCUT2D eigenvalue weighted by Gasteiger charge is -2.24. The fourth-order valence-corrected chi connectivity index (χ4v) is 9.77. The summed E-state index contributed by atoms with van der Waals surface area (Å²) in [6, 6.07) is 56.1. The maximum atomic E-state index is 4.77. The normalized spacial score (nSPS) is 12.2. The summed E-state index contributed by atoms with van der Waals surface area (Å²) in [5.74, 6) is 3.28. The predicted octanol–water partition coefficient (Wildman–Crippen LogP) is 10.9. The van der Waals surface area contributed by atoms with Crippen molar-refractivity contribution in [1.29, 1.82) is 0 Å². The van der Waals surface area contributed by atoms with Gasteiger partial charge in [-0.2, -0.15) is 0 Å². The summed E-state index contributed by atoms with van der Waals surface area (Å²) in [5.41, 5.74) is 8.90. The van der Waals surface area contributed by atoms with Crippen LogP contribution in [-0.4, -0.2) is 37.6 Å². The minimum absolute atomic E-state index is 0.0742. The van der Waals surface area contributed by atoms with Crippen molar-refractivity contribution in [2.24, 2.45) is 0 Å². The van der Waals surface area contributed by atoms with Gasteiger partial charge in [0.1, 0.15) is 8.07 Å². The van der Waals surface area contributed by atoms with E-state index in [2.05, 4.69) is 209 Å². The molecule has 2 heterocycles. The van der Waals surface area contributed by atoms with E-state index in [1.54, 1.807) is 0 Å². The highest BCUT2D eigenvalue weighted by molar-refractivity contribution is 7.00. The molecule has 7 heteroatoms. The van der Waals surface area contributed by atoms with Crippen LogP contribution in [0, 0.1) is 0 Å². The van der Waals surface area contributed by atoms with E-state index in [0.717, 1.165) is 56.9 Å². The van der Waals surface area contributed by atoms with Crippen LogP contribution in [0.3, 0.4) is 0 Å². The van der Waals surface area contributed by atoms with Gasteiger partial charge in [0.05, 0.1) is 0 Å². The van der Waals surface area contributed by atoms with Crippen molar-refractivity contribution in [3.63, 3.8) is 0 Å². The van der Waals surface area contributed by atoms with Crippen molar-refractivity contribution < 1.29 is 0 Å². The zero-order valence-electron chi connectivity index (χ0n) is 34.2. The van der Waals surface area contributed by atoms with Crippen LogP contribution in [0.5, 0.6) is 0 Å². The smallest absolute Gasteiger partial charge is 0.168 e. The monoisotopic (exact) mass is 762 g/mol. The number of para-hydroxylation sites is 2. The summed E-state index contributed by atoms with van der Waals surface area (Å²) in [7, 11) is -2.08. The van der Waals surface area contributed by atoms with Gasteiger partial charge in [-0.1, -0.05) is 198 Å². The molecule has 57 heavy (non-hydrogen) atoms. The van der Waals surface area contributed by atoms with Gasteiger partial charge in [0.25, 0.3) is 0 Å². The van der Waals surface area contributed by atoms with Crippen LogP contribution < -0.4 is 10.4 Å². The summed E-state index contributed by atoms with van der Waals surface area (Å²) in [6.45, 7) is 18.2. The molecule has 0 radical (unpaired) electrons. The van der Waals surface area contributed by atoms with E-state index in [1.165, 1.54) is 21.5 Å². The zero-order chi connectivity index (χ0) is 40.0. The first-order chi connectivity index (χ1) is 27.3. The number of nitrogens with zero attached hydrogens (tertiary/aromatic N) is 6. The average Bonchev–Trinajstić information content (AvgIpc) is 3.87. The predicted molar refractivity (Wildman–Crippen MR) is 239 cm³/mol. The Kier molecular flexibility index (Phi) is 9.74. The van der Waals surface area contributed by atoms with Crippen molar-refractivity contribution in [3.05, 3.63) is 169 Å². The third kappa shape index (κ3) is 7.43. The molecule has 0 atom stereocenters. The second-order valence-electron chi connectivity index (χ2n) is 17.5. The first-order valence-corrected chi connectivity index (χ1v) is 22.7. The average molecular weight is 763 g/mol. The van der Waals surface area contributed by atoms with E-state index in [-0.39, 0.29) is 10.8 Å². The van der Waals surface area contributed by atoms with Crippen molar-refractivity contribution in [3.8, 4) is 56.9 Å². The SMILES string of the molecule is CC(C)(C)c1ccc(-c2nnc(-c3ccc([Si](C)(C)c4ccc(-c5nnc(-c6ccc(C(C)(C)C)cc6)n5-c5ccccc5)cc4)cc3)n2-c2ccccc2)cc1. The fraction of sp³-hybridized carbons (Fsp3) is 0.200. The van der Waals surface area contributed by atoms with Crippen LogP contribution in [0.4, 0.5) is 0 Å². The maximum Gasteiger partial charge on any atom is 0.168 e. The van der Waals surface area contributed by atoms with Gasteiger partial charge >= 0.3 is 0 Å². The van der Waals surface area contributed by atoms with Crippen molar-refractivity contribution in [2.75, 3.05) is 0 Å². The highest BCUT2D eigenvalue weighted by Crippen LogP contribution is 2.32. The Morgan fingerprint density at radius 2 is 0.614 bits per heavy atom. The Balaban J connectivity index is 1.10. The molecule has 2 aromatic heterocycles. The lowest BCUT2D eigenvalue weighted by molar-refractivity contribution is 0.590. The second kappa shape index (κ2) is 14.7. The molecule has 0 N–H and O–H groups in total. The topological polar surface area (TPSA) is 61.4 Å². The summed E-state index contributed by atoms with van der Waals surface area (Å²) in [6.07, 6.45) is 0. The van der Waals surface area contributed by atoms with Crippen LogP contribution in [0.2, 0.25) is 13.1 Å². The highest BCUT2D eigenvalue weighted by atomic mass is 28.3. The van der Waals surface area contributed by atoms with E-state index in [0.29, 0.717) is 0 Å². The fourth-order valence-electron chi connectivity index (χ4n) is 7.44. The number of aromatic nitrogens is 6. The molecule has 8 rings (SSSR count). The van der Waals surface area contributed by atoms with E-state index in [1.807, 2.05) is 12.1 Å².